The molecule has 94 valence electrons. The molecule has 2 aromatic carbocycles. The van der Waals surface area contributed by atoms with Crippen LogP contribution in [0.25, 0.3) is 11.1 Å². The third-order valence-corrected chi connectivity index (χ3v) is 2.99. The Bertz CT molecular complexity index is 746. The van der Waals surface area contributed by atoms with E-state index >= 15 is 0 Å². The van der Waals surface area contributed by atoms with Crippen molar-refractivity contribution in [3.8, 4) is 0 Å². The van der Waals surface area contributed by atoms with Gasteiger partial charge in [-0.3, -0.25) is 4.79 Å². The predicted molar refractivity (Wildman–Crippen MR) is 73.1 cm³/mol. The number of para-hydroxylation sites is 1. The highest BCUT2D eigenvalue weighted by molar-refractivity contribution is 6.06. The molecule has 0 aliphatic carbocycles. The summed E-state index contributed by atoms with van der Waals surface area (Å²) in [4.78, 5) is 16.2. The van der Waals surface area contributed by atoms with Gasteiger partial charge in [-0.15, -0.1) is 0 Å². The molecule has 4 heteroatoms. The number of fused-ring (bicyclic) bond motifs is 1. The van der Waals surface area contributed by atoms with E-state index in [4.69, 9.17) is 4.42 Å². The molecule has 0 saturated heterocycles. The van der Waals surface area contributed by atoms with Crippen molar-refractivity contribution >= 4 is 22.7 Å². The summed E-state index contributed by atoms with van der Waals surface area (Å²) in [6, 6.07) is 12.9. The molecule has 0 fully saturated rings. The van der Waals surface area contributed by atoms with Gasteiger partial charge in [-0.25, -0.2) is 4.98 Å². The Hall–Kier alpha value is -2.62. The molecule has 0 aliphatic heterocycles. The van der Waals surface area contributed by atoms with Crippen LogP contribution in [-0.2, 0) is 0 Å². The van der Waals surface area contributed by atoms with E-state index in [9.17, 15) is 4.79 Å². The lowest BCUT2D eigenvalue weighted by molar-refractivity contribution is 0.102. The zero-order valence-corrected chi connectivity index (χ0v) is 10.4. The molecule has 0 bridgehead atoms. The van der Waals surface area contributed by atoms with Gasteiger partial charge in [-0.2, -0.15) is 0 Å². The van der Waals surface area contributed by atoms with Crippen molar-refractivity contribution in [2.75, 3.05) is 5.32 Å². The second kappa shape index (κ2) is 4.57. The van der Waals surface area contributed by atoms with E-state index in [-0.39, 0.29) is 5.91 Å². The molecule has 0 spiro atoms. The molecule has 4 nitrogen and oxygen atoms in total. The first-order chi connectivity index (χ1) is 9.24. The first-order valence-electron chi connectivity index (χ1n) is 5.94. The maximum Gasteiger partial charge on any atom is 0.255 e. The molecule has 1 aromatic heterocycles. The number of carbonyl (C=O) groups is 1. The summed E-state index contributed by atoms with van der Waals surface area (Å²) in [7, 11) is 0. The average Bonchev–Trinajstić information content (AvgIpc) is 2.88. The monoisotopic (exact) mass is 252 g/mol. The highest BCUT2D eigenvalue weighted by Crippen LogP contribution is 2.17. The van der Waals surface area contributed by atoms with Gasteiger partial charge in [0.05, 0.1) is 0 Å². The SMILES string of the molecule is Cc1ccccc1NC(=O)c1ccc2ncoc2c1. The zero-order chi connectivity index (χ0) is 13.2. The molecule has 3 aromatic rings. The molecular formula is C15H12N2O2. The smallest absolute Gasteiger partial charge is 0.255 e. The van der Waals surface area contributed by atoms with Crippen LogP contribution >= 0.6 is 0 Å². The van der Waals surface area contributed by atoms with Crippen molar-refractivity contribution < 1.29 is 9.21 Å². The summed E-state index contributed by atoms with van der Waals surface area (Å²) in [5, 5.41) is 2.88. The lowest BCUT2D eigenvalue weighted by atomic mass is 10.1. The van der Waals surface area contributed by atoms with Crippen LogP contribution in [0.4, 0.5) is 5.69 Å². The molecular weight excluding hydrogens is 240 g/mol. The Balaban J connectivity index is 1.89. The molecule has 1 amide bonds. The van der Waals surface area contributed by atoms with Gasteiger partial charge in [-0.1, -0.05) is 18.2 Å². The van der Waals surface area contributed by atoms with E-state index in [0.717, 1.165) is 16.8 Å². The summed E-state index contributed by atoms with van der Waals surface area (Å²) in [5.41, 5.74) is 3.74. The van der Waals surface area contributed by atoms with Gasteiger partial charge in [0, 0.05) is 11.3 Å². The average molecular weight is 252 g/mol. The van der Waals surface area contributed by atoms with Crippen LogP contribution in [0.2, 0.25) is 0 Å². The Morgan fingerprint density at radius 2 is 2.05 bits per heavy atom. The van der Waals surface area contributed by atoms with Crippen LogP contribution < -0.4 is 5.32 Å². The second-order valence-corrected chi connectivity index (χ2v) is 4.30. The van der Waals surface area contributed by atoms with Gasteiger partial charge in [0.2, 0.25) is 0 Å². The van der Waals surface area contributed by atoms with Crippen molar-refractivity contribution in [3.63, 3.8) is 0 Å². The summed E-state index contributed by atoms with van der Waals surface area (Å²) >= 11 is 0. The van der Waals surface area contributed by atoms with E-state index in [2.05, 4.69) is 10.3 Å². The van der Waals surface area contributed by atoms with Gasteiger partial charge in [-0.05, 0) is 36.8 Å². The minimum absolute atomic E-state index is 0.160. The Kier molecular flexibility index (Phi) is 2.76. The number of benzene rings is 2. The number of amides is 1. The normalized spacial score (nSPS) is 10.6. The highest BCUT2D eigenvalue weighted by Gasteiger charge is 2.09. The number of hydrogen-bond acceptors (Lipinski definition) is 3. The number of hydrogen-bond donors (Lipinski definition) is 1. The minimum Gasteiger partial charge on any atom is -0.443 e. The van der Waals surface area contributed by atoms with Crippen molar-refractivity contribution in [1.82, 2.24) is 4.98 Å². The highest BCUT2D eigenvalue weighted by atomic mass is 16.3. The molecule has 3 rings (SSSR count). The van der Waals surface area contributed by atoms with E-state index < -0.39 is 0 Å². The number of rotatable bonds is 2. The van der Waals surface area contributed by atoms with Gasteiger partial charge in [0.25, 0.3) is 5.91 Å². The number of anilines is 1. The standard InChI is InChI=1S/C15H12N2O2/c1-10-4-2-3-5-12(10)17-15(18)11-6-7-13-14(8-11)19-9-16-13/h2-9H,1H3,(H,17,18). The fraction of sp³-hybridized carbons (Fsp3) is 0.0667. The van der Waals surface area contributed by atoms with Gasteiger partial charge >= 0.3 is 0 Å². The van der Waals surface area contributed by atoms with Crippen LogP contribution in [0.1, 0.15) is 15.9 Å². The summed E-state index contributed by atoms with van der Waals surface area (Å²) in [6.45, 7) is 1.95. The number of nitrogens with one attached hydrogen (secondary N) is 1. The Labute approximate surface area is 110 Å². The molecule has 0 aliphatic rings. The summed E-state index contributed by atoms with van der Waals surface area (Å²) in [5.74, 6) is -0.160. The van der Waals surface area contributed by atoms with Crippen LogP contribution in [0.5, 0.6) is 0 Å². The van der Waals surface area contributed by atoms with E-state index in [0.29, 0.717) is 11.1 Å². The lowest BCUT2D eigenvalue weighted by Gasteiger charge is -2.07. The topological polar surface area (TPSA) is 55.1 Å². The maximum absolute atomic E-state index is 12.2. The largest absolute Gasteiger partial charge is 0.443 e. The van der Waals surface area contributed by atoms with Gasteiger partial charge in [0.1, 0.15) is 5.52 Å². The minimum atomic E-state index is -0.160. The number of oxazole rings is 1. The fourth-order valence-electron chi connectivity index (χ4n) is 1.90. The van der Waals surface area contributed by atoms with Crippen LogP contribution in [-0.4, -0.2) is 10.9 Å². The quantitative estimate of drug-likeness (QED) is 0.760. The maximum atomic E-state index is 12.2. The number of nitrogens with zero attached hydrogens (tertiary/aromatic N) is 1. The molecule has 0 radical (unpaired) electrons. The van der Waals surface area contributed by atoms with Gasteiger partial charge in [0.15, 0.2) is 12.0 Å². The van der Waals surface area contributed by atoms with Crippen molar-refractivity contribution in [1.29, 1.82) is 0 Å². The molecule has 19 heavy (non-hydrogen) atoms. The van der Waals surface area contributed by atoms with E-state index in [1.54, 1.807) is 18.2 Å². The van der Waals surface area contributed by atoms with Crippen LogP contribution in [0, 0.1) is 6.92 Å². The second-order valence-electron chi connectivity index (χ2n) is 4.30. The fourth-order valence-corrected chi connectivity index (χ4v) is 1.90. The Morgan fingerprint density at radius 3 is 2.89 bits per heavy atom. The summed E-state index contributed by atoms with van der Waals surface area (Å²) < 4.78 is 5.19. The molecule has 0 unspecified atom stereocenters. The first kappa shape index (κ1) is 11.5. The van der Waals surface area contributed by atoms with Crippen molar-refractivity contribution in [2.24, 2.45) is 0 Å². The number of aryl methyl sites for hydroxylation is 1. The van der Waals surface area contributed by atoms with E-state index in [1.807, 2.05) is 31.2 Å². The molecule has 0 atom stereocenters. The molecule has 0 saturated carbocycles. The van der Waals surface area contributed by atoms with Crippen LogP contribution in [0.15, 0.2) is 53.3 Å². The molecule has 1 heterocycles. The van der Waals surface area contributed by atoms with Crippen molar-refractivity contribution in [2.45, 2.75) is 6.92 Å². The zero-order valence-electron chi connectivity index (χ0n) is 10.4. The van der Waals surface area contributed by atoms with E-state index in [1.165, 1.54) is 6.39 Å². The van der Waals surface area contributed by atoms with Crippen molar-refractivity contribution in [3.05, 3.63) is 60.0 Å². The lowest BCUT2D eigenvalue weighted by Crippen LogP contribution is -2.12. The summed E-state index contributed by atoms with van der Waals surface area (Å²) in [6.07, 6.45) is 1.37. The van der Waals surface area contributed by atoms with Gasteiger partial charge < -0.3 is 9.73 Å². The third kappa shape index (κ3) is 2.20. The molecule has 1 N–H and O–H groups in total. The first-order valence-corrected chi connectivity index (χ1v) is 5.94. The Morgan fingerprint density at radius 1 is 1.21 bits per heavy atom. The number of aromatic nitrogens is 1. The third-order valence-electron chi connectivity index (χ3n) is 2.99. The predicted octanol–water partition coefficient (Wildman–Crippen LogP) is 3.39. The number of carbonyl (C=O) groups excluding carboxylic acids is 1. The van der Waals surface area contributed by atoms with Crippen LogP contribution in [0.3, 0.4) is 0 Å².